The molecule has 0 saturated carbocycles. The predicted octanol–water partition coefficient (Wildman–Crippen LogP) is 5.11. The summed E-state index contributed by atoms with van der Waals surface area (Å²) in [6.07, 6.45) is 4.39. The summed E-state index contributed by atoms with van der Waals surface area (Å²) >= 11 is 3.63. The average Bonchev–Trinajstić information content (AvgIpc) is 2.66. The highest BCUT2D eigenvalue weighted by Crippen LogP contribution is 2.34. The minimum atomic E-state index is -0.00221. The second-order valence-electron chi connectivity index (χ2n) is 5.60. The number of thioether (sulfide) groups is 2. The number of benzene rings is 2. The Morgan fingerprint density at radius 1 is 0.917 bits per heavy atom. The topological polar surface area (TPSA) is 18.5 Å². The zero-order valence-electron chi connectivity index (χ0n) is 13.8. The molecule has 0 radical (unpaired) electrons. The largest absolute Gasteiger partial charge is 0.370 e. The Bertz CT molecular complexity index is 643. The molecule has 0 unspecified atom stereocenters. The molecule has 24 heavy (non-hydrogen) atoms. The van der Waals surface area contributed by atoms with Gasteiger partial charge in [0.05, 0.1) is 19.3 Å². The Morgan fingerprint density at radius 3 is 2.08 bits per heavy atom. The Morgan fingerprint density at radius 2 is 1.50 bits per heavy atom. The van der Waals surface area contributed by atoms with Gasteiger partial charge in [-0.05, 0) is 23.5 Å². The van der Waals surface area contributed by atoms with Crippen molar-refractivity contribution >= 4 is 23.5 Å². The van der Waals surface area contributed by atoms with Crippen molar-refractivity contribution in [3.05, 3.63) is 82.1 Å². The summed E-state index contributed by atoms with van der Waals surface area (Å²) in [4.78, 5) is 0. The predicted molar refractivity (Wildman–Crippen MR) is 104 cm³/mol. The molecule has 1 aliphatic heterocycles. The van der Waals surface area contributed by atoms with Crippen LogP contribution in [0.1, 0.15) is 11.1 Å². The molecule has 0 fully saturated rings. The monoisotopic (exact) mass is 358 g/mol. The number of rotatable bonds is 7. The zero-order valence-corrected chi connectivity index (χ0v) is 15.4. The maximum atomic E-state index is 6.17. The van der Waals surface area contributed by atoms with Gasteiger partial charge in [-0.2, -0.15) is 0 Å². The summed E-state index contributed by atoms with van der Waals surface area (Å²) in [6.45, 7) is 1.24. The van der Waals surface area contributed by atoms with Gasteiger partial charge < -0.3 is 9.47 Å². The van der Waals surface area contributed by atoms with Crippen LogP contribution in [-0.2, 0) is 22.7 Å². The molecule has 1 aliphatic rings. The van der Waals surface area contributed by atoms with Crippen LogP contribution in [0.2, 0.25) is 0 Å². The summed E-state index contributed by atoms with van der Waals surface area (Å²) in [5.41, 5.74) is 2.39. The highest BCUT2D eigenvalue weighted by molar-refractivity contribution is 8.22. The van der Waals surface area contributed by atoms with Gasteiger partial charge in [0.1, 0.15) is 6.10 Å². The minimum absolute atomic E-state index is 0.00221. The second kappa shape index (κ2) is 9.33. The first kappa shape index (κ1) is 17.6. The van der Waals surface area contributed by atoms with E-state index in [9.17, 15) is 0 Å². The molecule has 0 aliphatic carbocycles. The normalized spacial score (nSPS) is 20.6. The third-order valence-corrected chi connectivity index (χ3v) is 6.16. The molecule has 0 N–H and O–H groups in total. The summed E-state index contributed by atoms with van der Waals surface area (Å²) in [5, 5.41) is 0. The van der Waals surface area contributed by atoms with E-state index in [0.29, 0.717) is 13.2 Å². The van der Waals surface area contributed by atoms with Crippen molar-refractivity contribution in [2.24, 2.45) is 0 Å². The molecule has 3 rings (SSSR count). The van der Waals surface area contributed by atoms with Crippen molar-refractivity contribution < 1.29 is 9.47 Å². The van der Waals surface area contributed by atoms with Crippen LogP contribution in [0.3, 0.4) is 0 Å². The van der Waals surface area contributed by atoms with Gasteiger partial charge in [-0.1, -0.05) is 60.7 Å². The molecule has 126 valence electrons. The molecule has 2 nitrogen and oxygen atoms in total. The molecule has 0 bridgehead atoms. The zero-order chi connectivity index (χ0) is 16.6. The van der Waals surface area contributed by atoms with E-state index in [1.165, 1.54) is 15.4 Å². The van der Waals surface area contributed by atoms with Gasteiger partial charge in [0.15, 0.2) is 0 Å². The van der Waals surface area contributed by atoms with Gasteiger partial charge in [0.2, 0.25) is 0 Å². The van der Waals surface area contributed by atoms with Gasteiger partial charge >= 0.3 is 0 Å². The van der Waals surface area contributed by atoms with E-state index >= 15 is 0 Å². The Labute approximate surface area is 152 Å². The molecule has 2 aromatic rings. The van der Waals surface area contributed by atoms with Gasteiger partial charge in [0.25, 0.3) is 0 Å². The summed E-state index contributed by atoms with van der Waals surface area (Å²) in [6, 6.07) is 20.6. The number of hydrogen-bond donors (Lipinski definition) is 0. The van der Waals surface area contributed by atoms with Crippen molar-refractivity contribution in [2.45, 2.75) is 25.4 Å². The van der Waals surface area contributed by atoms with E-state index < -0.39 is 0 Å². The van der Waals surface area contributed by atoms with Gasteiger partial charge in [-0.15, -0.1) is 23.5 Å². The molecular weight excluding hydrogens is 336 g/mol. The van der Waals surface area contributed by atoms with Crippen LogP contribution in [0.5, 0.6) is 0 Å². The smallest absolute Gasteiger partial charge is 0.105 e. The Balaban J connectivity index is 1.61. The van der Waals surface area contributed by atoms with E-state index in [-0.39, 0.29) is 12.2 Å². The van der Waals surface area contributed by atoms with Crippen molar-refractivity contribution in [1.82, 2.24) is 0 Å². The summed E-state index contributed by atoms with van der Waals surface area (Å²) in [7, 11) is 0. The molecule has 2 atom stereocenters. The average molecular weight is 359 g/mol. The van der Waals surface area contributed by atoms with Crippen molar-refractivity contribution in [3.63, 3.8) is 0 Å². The summed E-state index contributed by atoms with van der Waals surface area (Å²) in [5.74, 6) is 0.930. The lowest BCUT2D eigenvalue weighted by molar-refractivity contribution is -0.0540. The fraction of sp³-hybridized carbons (Fsp3) is 0.300. The van der Waals surface area contributed by atoms with Crippen LogP contribution in [0.25, 0.3) is 0 Å². The molecule has 2 aromatic carbocycles. The quantitative estimate of drug-likeness (QED) is 0.684. The molecule has 0 aromatic heterocycles. The lowest BCUT2D eigenvalue weighted by atomic mass is 10.2. The molecule has 4 heteroatoms. The highest BCUT2D eigenvalue weighted by atomic mass is 32.2. The highest BCUT2D eigenvalue weighted by Gasteiger charge is 2.26. The van der Waals surface area contributed by atoms with Crippen LogP contribution >= 0.6 is 23.5 Å². The van der Waals surface area contributed by atoms with Crippen LogP contribution in [0, 0.1) is 0 Å². The Kier molecular flexibility index (Phi) is 6.85. The van der Waals surface area contributed by atoms with Crippen LogP contribution in [0.15, 0.2) is 71.0 Å². The maximum absolute atomic E-state index is 6.17. The molecular formula is C20H22O2S2. The second-order valence-corrected chi connectivity index (χ2v) is 7.77. The van der Waals surface area contributed by atoms with E-state index in [2.05, 4.69) is 36.6 Å². The minimum Gasteiger partial charge on any atom is -0.370 e. The van der Waals surface area contributed by atoms with Crippen LogP contribution in [-0.4, -0.2) is 24.2 Å². The van der Waals surface area contributed by atoms with Crippen molar-refractivity contribution in [1.29, 1.82) is 0 Å². The standard InChI is InChI=1S/C20H22O2S2/c1-23-20-12-18(21-13-16-8-4-2-5-9-16)19(15-24-20)22-14-17-10-6-3-7-11-17/h2-12,18-19H,13-15H2,1H3/t18-,19-/m1/s1. The fourth-order valence-electron chi connectivity index (χ4n) is 2.52. The van der Waals surface area contributed by atoms with Gasteiger partial charge in [-0.25, -0.2) is 0 Å². The van der Waals surface area contributed by atoms with Gasteiger partial charge in [0, 0.05) is 9.99 Å². The fourth-order valence-corrected chi connectivity index (χ4v) is 4.31. The third kappa shape index (κ3) is 5.15. The van der Waals surface area contributed by atoms with Crippen molar-refractivity contribution in [2.75, 3.05) is 12.0 Å². The van der Waals surface area contributed by atoms with Crippen LogP contribution < -0.4 is 0 Å². The molecule has 1 heterocycles. The molecule has 0 saturated heterocycles. The van der Waals surface area contributed by atoms with E-state index in [0.717, 1.165) is 5.75 Å². The summed E-state index contributed by atoms with van der Waals surface area (Å²) < 4.78 is 13.6. The first-order valence-corrected chi connectivity index (χ1v) is 10.3. The third-order valence-electron chi connectivity index (χ3n) is 3.85. The number of ether oxygens (including phenoxy) is 2. The SMILES string of the molecule is CSC1=C[C@@H](OCc2ccccc2)[C@H](OCc2ccccc2)CS1. The molecule has 0 amide bonds. The van der Waals surface area contributed by atoms with E-state index in [1.54, 1.807) is 11.8 Å². The van der Waals surface area contributed by atoms with E-state index in [1.807, 2.05) is 48.2 Å². The van der Waals surface area contributed by atoms with Gasteiger partial charge in [-0.3, -0.25) is 0 Å². The lowest BCUT2D eigenvalue weighted by Crippen LogP contribution is -2.34. The van der Waals surface area contributed by atoms with E-state index in [4.69, 9.17) is 9.47 Å². The van der Waals surface area contributed by atoms with Crippen molar-refractivity contribution in [3.8, 4) is 0 Å². The lowest BCUT2D eigenvalue weighted by Gasteiger charge is -2.29. The molecule has 0 spiro atoms. The maximum Gasteiger partial charge on any atom is 0.105 e. The Hall–Kier alpha value is -1.20. The number of hydrogen-bond acceptors (Lipinski definition) is 4. The first-order valence-electron chi connectivity index (χ1n) is 8.05. The van der Waals surface area contributed by atoms with Crippen LogP contribution in [0.4, 0.5) is 0 Å². The first-order chi connectivity index (χ1) is 11.8.